The summed E-state index contributed by atoms with van der Waals surface area (Å²) in [4.78, 5) is 13.9. The third-order valence-corrected chi connectivity index (χ3v) is 3.47. The summed E-state index contributed by atoms with van der Waals surface area (Å²) in [7, 11) is 0. The van der Waals surface area contributed by atoms with E-state index in [0.717, 1.165) is 50.5 Å². The van der Waals surface area contributed by atoms with Crippen LogP contribution in [0.3, 0.4) is 0 Å². The van der Waals surface area contributed by atoms with Crippen LogP contribution in [0.4, 0.5) is 0 Å². The molecule has 0 bridgehead atoms. The second kappa shape index (κ2) is 8.30. The van der Waals surface area contributed by atoms with Crippen LogP contribution in [0, 0.1) is 11.3 Å². The van der Waals surface area contributed by atoms with E-state index in [1.165, 1.54) is 0 Å². The lowest BCUT2D eigenvalue weighted by molar-refractivity contribution is -0.115. The van der Waals surface area contributed by atoms with E-state index >= 15 is 0 Å². The molecule has 0 N–H and O–H groups in total. The number of ketones is 1. The zero-order chi connectivity index (χ0) is 12.5. The first-order valence-electron chi connectivity index (χ1n) is 6.23. The number of hydrogen-bond acceptors (Lipinski definition) is 3. The summed E-state index contributed by atoms with van der Waals surface area (Å²) in [5, 5.41) is 9.97. The fraction of sp³-hybridized carbons (Fsp3) is 0.692. The molecule has 0 amide bonds. The van der Waals surface area contributed by atoms with E-state index in [4.69, 9.17) is 5.26 Å². The molecule has 0 aromatic heterocycles. The monoisotopic (exact) mass is 298 g/mol. The Morgan fingerprint density at radius 2 is 2.00 bits per heavy atom. The molecule has 17 heavy (non-hydrogen) atoms. The number of likely N-dealkylation sites (tertiary alicyclic amines) is 1. The number of carbonyl (C=O) groups is 1. The van der Waals surface area contributed by atoms with Crippen LogP contribution >= 0.6 is 15.9 Å². The molecule has 1 saturated heterocycles. The zero-order valence-electron chi connectivity index (χ0n) is 10.1. The number of nitrogens with zero attached hydrogens (tertiary/aromatic N) is 2. The van der Waals surface area contributed by atoms with Gasteiger partial charge in [-0.25, -0.2) is 0 Å². The summed E-state index contributed by atoms with van der Waals surface area (Å²) in [6.45, 7) is 1.95. The van der Waals surface area contributed by atoms with Crippen LogP contribution in [0.1, 0.15) is 38.5 Å². The van der Waals surface area contributed by atoms with E-state index in [0.29, 0.717) is 12.0 Å². The topological polar surface area (TPSA) is 44.1 Å². The molecule has 0 aromatic rings. The summed E-state index contributed by atoms with van der Waals surface area (Å²) in [6, 6.07) is 2.03. The number of alkyl halides is 1. The van der Waals surface area contributed by atoms with Gasteiger partial charge in [-0.1, -0.05) is 22.4 Å². The Bertz CT molecular complexity index is 314. The van der Waals surface area contributed by atoms with E-state index in [2.05, 4.69) is 20.8 Å². The second-order valence-electron chi connectivity index (χ2n) is 4.32. The van der Waals surface area contributed by atoms with Crippen molar-refractivity contribution in [1.82, 2.24) is 4.90 Å². The van der Waals surface area contributed by atoms with E-state index < -0.39 is 0 Å². The highest BCUT2D eigenvalue weighted by molar-refractivity contribution is 9.09. The van der Waals surface area contributed by atoms with Gasteiger partial charge in [0, 0.05) is 31.0 Å². The summed E-state index contributed by atoms with van der Waals surface area (Å²) in [5.41, 5.74) is 0.325. The summed E-state index contributed by atoms with van der Waals surface area (Å²) in [6.07, 6.45) is 7.58. The van der Waals surface area contributed by atoms with Crippen LogP contribution in [0.25, 0.3) is 0 Å². The Hall–Kier alpha value is -0.820. The van der Waals surface area contributed by atoms with Crippen LogP contribution in [0.5, 0.6) is 0 Å². The van der Waals surface area contributed by atoms with Gasteiger partial charge in [0.1, 0.15) is 11.6 Å². The molecule has 1 rings (SSSR count). The average Bonchev–Trinajstić information content (AvgIpc) is 2.84. The van der Waals surface area contributed by atoms with Crippen LogP contribution in [0.15, 0.2) is 11.8 Å². The number of allylic oxidation sites excluding steroid dienone is 1. The second-order valence-corrected chi connectivity index (χ2v) is 5.11. The Kier molecular flexibility index (Phi) is 6.95. The Labute approximate surface area is 112 Å². The minimum atomic E-state index is -0.00558. The van der Waals surface area contributed by atoms with E-state index in [1.807, 2.05) is 6.07 Å². The van der Waals surface area contributed by atoms with Crippen LogP contribution in [0.2, 0.25) is 0 Å². The molecule has 1 aliphatic heterocycles. The number of Topliss-reactive ketones (excluding diaryl/α,β-unsaturated/α-hetero) is 1. The highest BCUT2D eigenvalue weighted by atomic mass is 79.9. The molecule has 0 atom stereocenters. The van der Waals surface area contributed by atoms with Gasteiger partial charge in [0.15, 0.2) is 5.78 Å². The maximum Gasteiger partial charge on any atom is 0.174 e. The number of carbonyl (C=O) groups excluding carboxylic acids is 1. The van der Waals surface area contributed by atoms with Crippen molar-refractivity contribution < 1.29 is 4.79 Å². The van der Waals surface area contributed by atoms with Gasteiger partial charge >= 0.3 is 0 Å². The molecular weight excluding hydrogens is 280 g/mol. The average molecular weight is 299 g/mol. The number of nitriles is 1. The van der Waals surface area contributed by atoms with Gasteiger partial charge in [-0.2, -0.15) is 5.26 Å². The van der Waals surface area contributed by atoms with Crippen LogP contribution < -0.4 is 0 Å². The minimum Gasteiger partial charge on any atom is -0.376 e. The summed E-state index contributed by atoms with van der Waals surface area (Å²) in [5.74, 6) is -0.00558. The van der Waals surface area contributed by atoms with Gasteiger partial charge in [0.05, 0.1) is 0 Å². The van der Waals surface area contributed by atoms with Gasteiger partial charge in [-0.15, -0.1) is 0 Å². The zero-order valence-corrected chi connectivity index (χ0v) is 11.7. The smallest absolute Gasteiger partial charge is 0.174 e. The summed E-state index contributed by atoms with van der Waals surface area (Å²) < 4.78 is 0. The normalized spacial score (nSPS) is 16.0. The van der Waals surface area contributed by atoms with Crippen molar-refractivity contribution in [2.24, 2.45) is 0 Å². The van der Waals surface area contributed by atoms with E-state index in [-0.39, 0.29) is 5.78 Å². The third-order valence-electron chi connectivity index (χ3n) is 2.91. The maximum absolute atomic E-state index is 11.8. The predicted octanol–water partition coefficient (Wildman–Crippen LogP) is 3.01. The quantitative estimate of drug-likeness (QED) is 0.314. The Balaban J connectivity index is 2.38. The number of rotatable bonds is 7. The van der Waals surface area contributed by atoms with Crippen molar-refractivity contribution in [3.8, 4) is 6.07 Å². The fourth-order valence-corrected chi connectivity index (χ4v) is 2.30. The molecule has 94 valence electrons. The first kappa shape index (κ1) is 14.2. The first-order chi connectivity index (χ1) is 8.27. The minimum absolute atomic E-state index is 0.00558. The van der Waals surface area contributed by atoms with Gasteiger partial charge in [-0.05, 0) is 25.7 Å². The van der Waals surface area contributed by atoms with Crippen molar-refractivity contribution in [1.29, 1.82) is 5.26 Å². The van der Waals surface area contributed by atoms with Gasteiger partial charge in [0.2, 0.25) is 0 Å². The molecule has 0 aliphatic carbocycles. The molecule has 3 nitrogen and oxygen atoms in total. The molecule has 0 aromatic carbocycles. The molecule has 1 aliphatic rings. The SMILES string of the molecule is N#CC(=CN1CCCC1)C(=O)CCCCCBr. The molecule has 0 radical (unpaired) electrons. The third kappa shape index (κ3) is 5.36. The van der Waals surface area contributed by atoms with E-state index in [9.17, 15) is 4.79 Å². The first-order valence-corrected chi connectivity index (χ1v) is 7.35. The van der Waals surface area contributed by atoms with Crippen molar-refractivity contribution in [2.75, 3.05) is 18.4 Å². The summed E-state index contributed by atoms with van der Waals surface area (Å²) >= 11 is 3.36. The fourth-order valence-electron chi connectivity index (χ4n) is 1.91. The molecule has 1 heterocycles. The lowest BCUT2D eigenvalue weighted by Crippen LogP contribution is -2.14. The maximum atomic E-state index is 11.8. The molecule has 1 fully saturated rings. The molecule has 0 spiro atoms. The van der Waals surface area contributed by atoms with E-state index in [1.54, 1.807) is 6.20 Å². The molecule has 0 saturated carbocycles. The highest BCUT2D eigenvalue weighted by Crippen LogP contribution is 2.12. The Morgan fingerprint density at radius 3 is 2.59 bits per heavy atom. The molecule has 0 unspecified atom stereocenters. The van der Waals surface area contributed by atoms with Crippen molar-refractivity contribution >= 4 is 21.7 Å². The Morgan fingerprint density at radius 1 is 1.29 bits per heavy atom. The highest BCUT2D eigenvalue weighted by Gasteiger charge is 2.13. The van der Waals surface area contributed by atoms with Crippen molar-refractivity contribution in [3.05, 3.63) is 11.8 Å². The van der Waals surface area contributed by atoms with Crippen LogP contribution in [-0.4, -0.2) is 29.1 Å². The van der Waals surface area contributed by atoms with Gasteiger partial charge < -0.3 is 4.90 Å². The van der Waals surface area contributed by atoms with Gasteiger partial charge in [0.25, 0.3) is 0 Å². The lowest BCUT2D eigenvalue weighted by atomic mass is 10.1. The largest absolute Gasteiger partial charge is 0.376 e. The molecular formula is C13H19BrN2O. The van der Waals surface area contributed by atoms with Crippen molar-refractivity contribution in [2.45, 2.75) is 38.5 Å². The van der Waals surface area contributed by atoms with Crippen LogP contribution in [-0.2, 0) is 4.79 Å². The standard InChI is InChI=1S/C13H19BrN2O/c14-7-3-1-2-6-13(17)12(10-15)11-16-8-4-5-9-16/h11H,1-9H2. The van der Waals surface area contributed by atoms with Crippen molar-refractivity contribution in [3.63, 3.8) is 0 Å². The predicted molar refractivity (Wildman–Crippen MR) is 71.8 cm³/mol. The van der Waals surface area contributed by atoms with Gasteiger partial charge in [-0.3, -0.25) is 4.79 Å². The number of halogens is 1. The lowest BCUT2D eigenvalue weighted by Gasteiger charge is -2.11. The number of hydrogen-bond donors (Lipinski definition) is 0. The number of unbranched alkanes of at least 4 members (excludes halogenated alkanes) is 2. The molecule has 4 heteroatoms.